The number of hydrogen-bond donors (Lipinski definition) is 2. The molecule has 3 amide bonds. The lowest BCUT2D eigenvalue weighted by atomic mass is 9.74. The number of aliphatic hydroxyl groups is 1. The first-order chi connectivity index (χ1) is 22.9. The van der Waals surface area contributed by atoms with Crippen LogP contribution in [0.1, 0.15) is 43.7 Å². The highest BCUT2D eigenvalue weighted by atomic mass is 16.5. The Balaban J connectivity index is 1.34. The summed E-state index contributed by atoms with van der Waals surface area (Å²) in [5, 5.41) is 12.4. The van der Waals surface area contributed by atoms with Gasteiger partial charge in [-0.15, -0.1) is 0 Å². The molecular weight excluding hydrogens is 604 g/mol. The average molecular weight is 651 g/mol. The monoisotopic (exact) mass is 650 g/mol. The van der Waals surface area contributed by atoms with Crippen LogP contribution in [0.3, 0.4) is 0 Å². The Kier molecular flexibility index (Phi) is 10.7. The van der Waals surface area contributed by atoms with Crippen LogP contribution in [0.15, 0.2) is 54.6 Å². The Hall–Kier alpha value is -3.58. The van der Waals surface area contributed by atoms with E-state index in [2.05, 4.69) is 10.2 Å². The lowest BCUT2D eigenvalue weighted by molar-refractivity contribution is -0.148. The number of likely N-dealkylation sites (tertiary alicyclic amines) is 1. The lowest BCUT2D eigenvalue weighted by Crippen LogP contribution is -2.57. The Labute approximate surface area is 275 Å². The molecule has 2 N–H and O–H groups in total. The summed E-state index contributed by atoms with van der Waals surface area (Å²) in [4.78, 5) is 61.6. The molecule has 12 heteroatoms. The number of allylic oxidation sites excluding steroid dienone is 1. The molecule has 254 valence electrons. The van der Waals surface area contributed by atoms with Crippen LogP contribution in [-0.4, -0.2) is 127 Å². The van der Waals surface area contributed by atoms with E-state index in [1.165, 1.54) is 0 Å². The highest BCUT2D eigenvalue weighted by molar-refractivity contribution is 6.00. The quantitative estimate of drug-likeness (QED) is 0.230. The second-order valence-electron chi connectivity index (χ2n) is 12.9. The number of carbonyl (C=O) groups excluding carboxylic acids is 4. The topological polar surface area (TPSA) is 138 Å². The molecule has 5 aliphatic rings. The summed E-state index contributed by atoms with van der Waals surface area (Å²) in [5.74, 6) is -3.00. The number of ether oxygens (including phenoxy) is 3. The molecule has 0 unspecified atom stereocenters. The molecule has 0 aliphatic carbocycles. The second-order valence-corrected chi connectivity index (χ2v) is 12.9. The number of unbranched alkanes of at least 4 members (excludes halogenated alkanes) is 2. The lowest BCUT2D eigenvalue weighted by Gasteiger charge is -2.37. The van der Waals surface area contributed by atoms with E-state index in [4.69, 9.17) is 14.2 Å². The van der Waals surface area contributed by atoms with Crippen molar-refractivity contribution in [3.05, 3.63) is 60.2 Å². The highest BCUT2D eigenvalue weighted by Gasteiger charge is 2.73. The number of benzene rings is 1. The van der Waals surface area contributed by atoms with Crippen molar-refractivity contribution in [2.24, 2.45) is 11.8 Å². The molecule has 3 fully saturated rings. The van der Waals surface area contributed by atoms with E-state index < -0.39 is 35.6 Å². The van der Waals surface area contributed by atoms with E-state index in [1.807, 2.05) is 54.6 Å². The fourth-order valence-corrected chi connectivity index (χ4v) is 7.55. The minimum Gasteiger partial charge on any atom is -0.463 e. The molecule has 5 bridgehead atoms. The molecule has 1 aromatic carbocycles. The number of hydrogen-bond acceptors (Lipinski definition) is 9. The standard InChI is InChI=1S/C35H46N4O8/c40-21-9-3-8-16-39-31-34(44)38(18-17-37-19-22-45-23-20-37)15-7-2-6-12-28(41)46-24-26(25-10-4-1-5-11-25)36-32(42)29-27-13-14-35(31,47-27)30(29)33(39)43/h1-2,4-5,7,10-11,13-14,26-27,29-31,40H,3,6,8-9,12,15-24H2,(H,36,42)/b7-2-/t26-,27-,29+,30+,31-,35+/m0/s1. The van der Waals surface area contributed by atoms with E-state index in [1.54, 1.807) is 9.80 Å². The van der Waals surface area contributed by atoms with Crippen LogP contribution >= 0.6 is 0 Å². The van der Waals surface area contributed by atoms with Crippen molar-refractivity contribution in [1.82, 2.24) is 20.0 Å². The fourth-order valence-electron chi connectivity index (χ4n) is 7.55. The van der Waals surface area contributed by atoms with Gasteiger partial charge in [-0.2, -0.15) is 0 Å². The fraction of sp³-hybridized carbons (Fsp3) is 0.600. The minimum absolute atomic E-state index is 0.0520. The van der Waals surface area contributed by atoms with Gasteiger partial charge in [0.15, 0.2) is 0 Å². The van der Waals surface area contributed by atoms with Gasteiger partial charge < -0.3 is 34.4 Å². The van der Waals surface area contributed by atoms with Gasteiger partial charge in [-0.1, -0.05) is 54.6 Å². The van der Waals surface area contributed by atoms with E-state index in [-0.39, 0.29) is 43.3 Å². The van der Waals surface area contributed by atoms with E-state index in [9.17, 15) is 24.3 Å². The first-order valence-corrected chi connectivity index (χ1v) is 17.0. The van der Waals surface area contributed by atoms with Gasteiger partial charge in [-0.3, -0.25) is 24.1 Å². The zero-order valence-electron chi connectivity index (χ0n) is 26.8. The van der Waals surface area contributed by atoms with Crippen molar-refractivity contribution in [3.8, 4) is 0 Å². The Morgan fingerprint density at radius 2 is 1.74 bits per heavy atom. The van der Waals surface area contributed by atoms with Gasteiger partial charge in [0.1, 0.15) is 18.2 Å². The van der Waals surface area contributed by atoms with Crippen molar-refractivity contribution in [2.75, 3.05) is 65.7 Å². The maximum Gasteiger partial charge on any atom is 0.306 e. The molecule has 1 spiro atoms. The van der Waals surface area contributed by atoms with Crippen LogP contribution in [0, 0.1) is 11.8 Å². The van der Waals surface area contributed by atoms with Crippen LogP contribution < -0.4 is 5.32 Å². The Morgan fingerprint density at radius 3 is 2.53 bits per heavy atom. The molecule has 47 heavy (non-hydrogen) atoms. The number of amides is 3. The first kappa shape index (κ1) is 33.3. The van der Waals surface area contributed by atoms with E-state index in [0.717, 1.165) is 18.7 Å². The third-order valence-electron chi connectivity index (χ3n) is 10.0. The van der Waals surface area contributed by atoms with Gasteiger partial charge in [-0.25, -0.2) is 0 Å². The molecule has 0 radical (unpaired) electrons. The molecule has 6 rings (SSSR count). The predicted octanol–water partition coefficient (Wildman–Crippen LogP) is 1.21. The number of cyclic esters (lactones) is 1. The highest BCUT2D eigenvalue weighted by Crippen LogP contribution is 2.55. The van der Waals surface area contributed by atoms with Gasteiger partial charge in [0, 0.05) is 52.3 Å². The van der Waals surface area contributed by atoms with Crippen LogP contribution in [0.5, 0.6) is 0 Å². The zero-order valence-corrected chi connectivity index (χ0v) is 26.8. The third kappa shape index (κ3) is 7.01. The van der Waals surface area contributed by atoms with Crippen molar-refractivity contribution in [1.29, 1.82) is 0 Å². The number of nitrogens with one attached hydrogen (secondary N) is 1. The number of morpholine rings is 1. The van der Waals surface area contributed by atoms with Crippen molar-refractivity contribution in [2.45, 2.75) is 55.9 Å². The van der Waals surface area contributed by atoms with Crippen LogP contribution in [0.25, 0.3) is 0 Å². The summed E-state index contributed by atoms with van der Waals surface area (Å²) in [5.41, 5.74) is -0.505. The van der Waals surface area contributed by atoms with E-state index >= 15 is 0 Å². The van der Waals surface area contributed by atoms with Gasteiger partial charge >= 0.3 is 5.97 Å². The van der Waals surface area contributed by atoms with Crippen LogP contribution in [-0.2, 0) is 33.4 Å². The van der Waals surface area contributed by atoms with Gasteiger partial charge in [0.05, 0.1) is 37.2 Å². The number of esters is 1. The number of rotatable bonds is 9. The molecule has 0 aromatic heterocycles. The normalized spacial score (nSPS) is 32.4. The molecule has 0 saturated carbocycles. The largest absolute Gasteiger partial charge is 0.463 e. The molecule has 5 aliphatic heterocycles. The number of fused-ring (bicyclic) bond motifs is 2. The van der Waals surface area contributed by atoms with Crippen molar-refractivity contribution >= 4 is 23.7 Å². The molecule has 1 aromatic rings. The maximum absolute atomic E-state index is 14.7. The smallest absolute Gasteiger partial charge is 0.306 e. The average Bonchev–Trinajstić information content (AvgIpc) is 3.73. The molecule has 3 saturated heterocycles. The maximum atomic E-state index is 14.7. The first-order valence-electron chi connectivity index (χ1n) is 17.0. The third-order valence-corrected chi connectivity index (χ3v) is 10.0. The predicted molar refractivity (Wildman–Crippen MR) is 171 cm³/mol. The van der Waals surface area contributed by atoms with Gasteiger partial charge in [0.2, 0.25) is 17.7 Å². The summed E-state index contributed by atoms with van der Waals surface area (Å²) in [6.07, 6.45) is 9.26. The summed E-state index contributed by atoms with van der Waals surface area (Å²) >= 11 is 0. The number of carbonyl (C=O) groups is 4. The number of nitrogens with zero attached hydrogens (tertiary/aromatic N) is 3. The Morgan fingerprint density at radius 1 is 0.936 bits per heavy atom. The second kappa shape index (κ2) is 15.1. The van der Waals surface area contributed by atoms with Crippen LogP contribution in [0.2, 0.25) is 0 Å². The molecular formula is C35H46N4O8. The number of aliphatic hydroxyl groups excluding tert-OH is 1. The summed E-state index contributed by atoms with van der Waals surface area (Å²) in [6.45, 7) is 4.54. The molecule has 5 heterocycles. The van der Waals surface area contributed by atoms with Gasteiger partial charge in [0.25, 0.3) is 0 Å². The zero-order chi connectivity index (χ0) is 32.8. The summed E-state index contributed by atoms with van der Waals surface area (Å²) < 4.78 is 17.7. The molecule has 6 atom stereocenters. The summed E-state index contributed by atoms with van der Waals surface area (Å²) in [6, 6.07) is 7.73. The van der Waals surface area contributed by atoms with Crippen molar-refractivity contribution in [3.63, 3.8) is 0 Å². The van der Waals surface area contributed by atoms with Gasteiger partial charge in [-0.05, 0) is 31.2 Å². The minimum atomic E-state index is -1.28. The van der Waals surface area contributed by atoms with Crippen LogP contribution in [0.4, 0.5) is 0 Å². The summed E-state index contributed by atoms with van der Waals surface area (Å²) in [7, 11) is 0. The molecule has 12 nitrogen and oxygen atoms in total. The Bertz CT molecular complexity index is 1350. The SMILES string of the molecule is O=C1CC/C=C\CN(CCN2CCOCC2)C(=O)[C@@H]2N(CCCCCO)C(=O)[C@H]3[C@H](C(=O)N[C@H](c4ccccc4)CO1)[C@@H]1C=C[C@]23O1. The van der Waals surface area contributed by atoms with Crippen molar-refractivity contribution < 1.29 is 38.5 Å². The van der Waals surface area contributed by atoms with E-state index in [0.29, 0.717) is 65.1 Å².